The number of halogens is 3. The van der Waals surface area contributed by atoms with Crippen molar-refractivity contribution in [2.24, 2.45) is 0 Å². The molecule has 1 aliphatic rings. The Kier molecular flexibility index (Phi) is 4.46. The van der Waals surface area contributed by atoms with Crippen molar-refractivity contribution in [1.82, 2.24) is 9.97 Å². The van der Waals surface area contributed by atoms with E-state index >= 15 is 0 Å². The lowest BCUT2D eigenvalue weighted by molar-refractivity contribution is -0.141. The minimum atomic E-state index is -4.51. The Morgan fingerprint density at radius 3 is 2.50 bits per heavy atom. The van der Waals surface area contributed by atoms with Crippen LogP contribution in [0.2, 0.25) is 0 Å². The van der Waals surface area contributed by atoms with Crippen molar-refractivity contribution in [2.45, 2.75) is 25.1 Å². The van der Waals surface area contributed by atoms with E-state index in [-0.39, 0.29) is 17.8 Å². The molecule has 1 aliphatic heterocycles. The molecule has 20 heavy (non-hydrogen) atoms. The first-order valence-corrected chi connectivity index (χ1v) is 7.63. The van der Waals surface area contributed by atoms with Gasteiger partial charge in [0, 0.05) is 41.5 Å². The third-order valence-electron chi connectivity index (χ3n) is 2.98. The number of nitrogens with zero attached hydrogens (tertiary/aromatic N) is 2. The van der Waals surface area contributed by atoms with Crippen LogP contribution in [0.15, 0.2) is 6.07 Å². The summed E-state index contributed by atoms with van der Waals surface area (Å²) in [7, 11) is 0.653. The molecule has 0 atom stereocenters. The van der Waals surface area contributed by atoms with E-state index in [1.807, 2.05) is 0 Å². The Morgan fingerprint density at radius 1 is 1.30 bits per heavy atom. The molecule has 0 bridgehead atoms. The van der Waals surface area contributed by atoms with Crippen molar-refractivity contribution in [3.8, 4) is 0 Å². The summed E-state index contributed by atoms with van der Waals surface area (Å²) in [5, 5.41) is 5.48. The van der Waals surface area contributed by atoms with Crippen LogP contribution in [0.3, 0.4) is 0 Å². The lowest BCUT2D eigenvalue weighted by Gasteiger charge is -2.23. The number of hydrogen-bond donors (Lipinski definition) is 2. The van der Waals surface area contributed by atoms with Crippen molar-refractivity contribution in [2.75, 3.05) is 29.2 Å². The van der Waals surface area contributed by atoms with E-state index < -0.39 is 22.7 Å². The predicted octanol–water partition coefficient (Wildman–Crippen LogP) is 1.86. The zero-order chi connectivity index (χ0) is 14.8. The Hall–Kier alpha value is -1.38. The van der Waals surface area contributed by atoms with Crippen LogP contribution in [0, 0.1) is 0 Å². The molecule has 0 unspecified atom stereocenters. The summed E-state index contributed by atoms with van der Waals surface area (Å²) in [6, 6.07) is 0.889. The molecular weight excluding hydrogens is 293 g/mol. The number of anilines is 2. The first-order valence-electron chi connectivity index (χ1n) is 6.14. The second kappa shape index (κ2) is 5.94. The van der Waals surface area contributed by atoms with E-state index in [0.717, 1.165) is 6.07 Å². The Morgan fingerprint density at radius 2 is 1.95 bits per heavy atom. The third kappa shape index (κ3) is 3.81. The SMILES string of the molecule is CNc1nc(NC2CCS(=O)CC2)cc(C(F)(F)F)n1. The number of rotatable bonds is 3. The monoisotopic (exact) mass is 308 g/mol. The van der Waals surface area contributed by atoms with Gasteiger partial charge in [0.2, 0.25) is 5.95 Å². The average molecular weight is 308 g/mol. The van der Waals surface area contributed by atoms with Crippen LogP contribution in [0.25, 0.3) is 0 Å². The Bertz CT molecular complexity index is 499. The van der Waals surface area contributed by atoms with E-state index in [1.165, 1.54) is 7.05 Å². The molecule has 1 fully saturated rings. The fraction of sp³-hybridized carbons (Fsp3) is 0.636. The van der Waals surface area contributed by atoms with Gasteiger partial charge in [0.25, 0.3) is 0 Å². The number of aromatic nitrogens is 2. The zero-order valence-corrected chi connectivity index (χ0v) is 11.6. The summed E-state index contributed by atoms with van der Waals surface area (Å²) in [5.74, 6) is 1.18. The maximum Gasteiger partial charge on any atom is 0.433 e. The highest BCUT2D eigenvalue weighted by atomic mass is 32.2. The fourth-order valence-corrected chi connectivity index (χ4v) is 3.22. The van der Waals surface area contributed by atoms with Gasteiger partial charge in [-0.3, -0.25) is 4.21 Å². The lowest BCUT2D eigenvalue weighted by atomic mass is 10.1. The van der Waals surface area contributed by atoms with Crippen molar-refractivity contribution in [1.29, 1.82) is 0 Å². The third-order valence-corrected chi connectivity index (χ3v) is 4.36. The van der Waals surface area contributed by atoms with Gasteiger partial charge >= 0.3 is 6.18 Å². The van der Waals surface area contributed by atoms with Gasteiger partial charge < -0.3 is 10.6 Å². The molecule has 2 N–H and O–H groups in total. The van der Waals surface area contributed by atoms with E-state index in [4.69, 9.17) is 0 Å². The van der Waals surface area contributed by atoms with E-state index in [0.29, 0.717) is 24.3 Å². The normalized spacial score (nSPS) is 23.4. The Balaban J connectivity index is 2.16. The quantitative estimate of drug-likeness (QED) is 0.892. The van der Waals surface area contributed by atoms with Gasteiger partial charge in [0.1, 0.15) is 5.82 Å². The van der Waals surface area contributed by atoms with E-state index in [2.05, 4.69) is 20.6 Å². The summed E-state index contributed by atoms with van der Waals surface area (Å²) in [6.45, 7) is 0. The summed E-state index contributed by atoms with van der Waals surface area (Å²) in [4.78, 5) is 7.36. The molecule has 0 spiro atoms. The van der Waals surface area contributed by atoms with Gasteiger partial charge in [0.15, 0.2) is 5.69 Å². The molecule has 0 aliphatic carbocycles. The topological polar surface area (TPSA) is 66.9 Å². The molecule has 9 heteroatoms. The fourth-order valence-electron chi connectivity index (χ4n) is 1.93. The molecular formula is C11H15F3N4OS. The molecule has 0 saturated carbocycles. The van der Waals surface area contributed by atoms with E-state index in [1.54, 1.807) is 0 Å². The minimum Gasteiger partial charge on any atom is -0.367 e. The molecule has 5 nitrogen and oxygen atoms in total. The molecule has 1 saturated heterocycles. The number of hydrogen-bond acceptors (Lipinski definition) is 5. The maximum atomic E-state index is 12.7. The zero-order valence-electron chi connectivity index (χ0n) is 10.8. The van der Waals surface area contributed by atoms with Gasteiger partial charge in [0.05, 0.1) is 0 Å². The highest BCUT2D eigenvalue weighted by Gasteiger charge is 2.34. The standard InChI is InChI=1S/C11H15F3N4OS/c1-15-10-17-8(11(12,13)14)6-9(18-10)16-7-2-4-20(19)5-3-7/h6-7H,2-5H2,1H3,(H2,15,16,17,18). The molecule has 0 amide bonds. The van der Waals surface area contributed by atoms with Crippen LogP contribution < -0.4 is 10.6 Å². The van der Waals surface area contributed by atoms with Crippen LogP contribution in [0.5, 0.6) is 0 Å². The van der Waals surface area contributed by atoms with Crippen LogP contribution in [-0.2, 0) is 17.0 Å². The van der Waals surface area contributed by atoms with Gasteiger partial charge in [-0.15, -0.1) is 0 Å². The number of alkyl halides is 3. The van der Waals surface area contributed by atoms with Crippen molar-refractivity contribution >= 4 is 22.6 Å². The summed E-state index contributed by atoms with van der Waals surface area (Å²) in [6.07, 6.45) is -3.20. The predicted molar refractivity (Wildman–Crippen MR) is 71.1 cm³/mol. The average Bonchev–Trinajstić information content (AvgIpc) is 2.40. The van der Waals surface area contributed by atoms with Crippen LogP contribution >= 0.6 is 0 Å². The van der Waals surface area contributed by atoms with Gasteiger partial charge in [-0.25, -0.2) is 4.98 Å². The molecule has 2 rings (SSSR count). The second-order valence-electron chi connectivity index (χ2n) is 4.48. The van der Waals surface area contributed by atoms with Crippen LogP contribution in [-0.4, -0.2) is 38.8 Å². The lowest BCUT2D eigenvalue weighted by Crippen LogP contribution is -2.30. The first kappa shape index (κ1) is 15.0. The molecule has 2 heterocycles. The van der Waals surface area contributed by atoms with Crippen molar-refractivity contribution in [3.63, 3.8) is 0 Å². The summed E-state index contributed by atoms with van der Waals surface area (Å²) < 4.78 is 49.4. The Labute approximate surface area is 116 Å². The molecule has 0 radical (unpaired) electrons. The summed E-state index contributed by atoms with van der Waals surface area (Å²) in [5.41, 5.74) is -0.987. The van der Waals surface area contributed by atoms with Gasteiger partial charge in [-0.1, -0.05) is 0 Å². The summed E-state index contributed by atoms with van der Waals surface area (Å²) >= 11 is 0. The highest BCUT2D eigenvalue weighted by Crippen LogP contribution is 2.30. The second-order valence-corrected chi connectivity index (χ2v) is 6.17. The van der Waals surface area contributed by atoms with Crippen LogP contribution in [0.1, 0.15) is 18.5 Å². The maximum absolute atomic E-state index is 12.7. The largest absolute Gasteiger partial charge is 0.433 e. The van der Waals surface area contributed by atoms with Crippen LogP contribution in [0.4, 0.5) is 24.9 Å². The van der Waals surface area contributed by atoms with Crippen molar-refractivity contribution < 1.29 is 17.4 Å². The smallest absolute Gasteiger partial charge is 0.367 e. The van der Waals surface area contributed by atoms with E-state index in [9.17, 15) is 17.4 Å². The first-order chi connectivity index (χ1) is 9.38. The molecule has 1 aromatic rings. The van der Waals surface area contributed by atoms with Gasteiger partial charge in [-0.05, 0) is 12.8 Å². The minimum absolute atomic E-state index is 0.00612. The van der Waals surface area contributed by atoms with Gasteiger partial charge in [-0.2, -0.15) is 18.2 Å². The molecule has 1 aromatic heterocycles. The number of nitrogens with one attached hydrogen (secondary N) is 2. The highest BCUT2D eigenvalue weighted by molar-refractivity contribution is 7.85. The molecule has 0 aromatic carbocycles. The van der Waals surface area contributed by atoms with Crippen molar-refractivity contribution in [3.05, 3.63) is 11.8 Å². The molecule has 112 valence electrons.